The number of nitriles is 1. The lowest BCUT2D eigenvalue weighted by molar-refractivity contribution is 0.529. The van der Waals surface area contributed by atoms with Gasteiger partial charge in [0.05, 0.1) is 27.0 Å². The average molecular weight is 381 g/mol. The van der Waals surface area contributed by atoms with E-state index in [1.54, 1.807) is 17.2 Å². The van der Waals surface area contributed by atoms with E-state index in [-0.39, 0.29) is 0 Å². The Morgan fingerprint density at radius 2 is 1.81 bits per heavy atom. The zero-order chi connectivity index (χ0) is 18.5. The van der Waals surface area contributed by atoms with E-state index in [2.05, 4.69) is 11.2 Å². The second-order valence-corrected chi connectivity index (χ2v) is 7.38. The van der Waals surface area contributed by atoms with Crippen LogP contribution < -0.4 is 4.90 Å². The molecule has 6 heteroatoms. The minimum Gasteiger partial charge on any atom is -0.255 e. The summed E-state index contributed by atoms with van der Waals surface area (Å²) in [6.07, 6.45) is 3.97. The smallest absolute Gasteiger partial charge is 0.186 e. The quantitative estimate of drug-likeness (QED) is 0.529. The van der Waals surface area contributed by atoms with Crippen LogP contribution in [0.3, 0.4) is 0 Å². The summed E-state index contributed by atoms with van der Waals surface area (Å²) in [4.78, 5) is 10.9. The zero-order valence-electron chi connectivity index (χ0n) is 14.2. The molecule has 2 aromatic carbocycles. The Balaban J connectivity index is 1.99. The van der Waals surface area contributed by atoms with E-state index in [0.29, 0.717) is 15.7 Å². The lowest BCUT2D eigenvalue weighted by Gasteiger charge is -2.37. The van der Waals surface area contributed by atoms with Gasteiger partial charge in [0.25, 0.3) is 0 Å². The highest BCUT2D eigenvalue weighted by Crippen LogP contribution is 2.40. The van der Waals surface area contributed by atoms with Gasteiger partial charge in [0.2, 0.25) is 0 Å². The van der Waals surface area contributed by atoms with Gasteiger partial charge >= 0.3 is 0 Å². The Labute approximate surface area is 161 Å². The third-order valence-corrected chi connectivity index (χ3v) is 5.04. The molecule has 1 aromatic heterocycles. The van der Waals surface area contributed by atoms with E-state index in [9.17, 15) is 5.26 Å². The van der Waals surface area contributed by atoms with Gasteiger partial charge in [-0.2, -0.15) is 5.26 Å². The summed E-state index contributed by atoms with van der Waals surface area (Å²) in [5.41, 5.74) is 3.08. The molecule has 0 radical (unpaired) electrons. The van der Waals surface area contributed by atoms with Crippen molar-refractivity contribution in [2.75, 3.05) is 4.90 Å². The number of nitrogens with zero attached hydrogens (tertiary/aromatic N) is 4. The van der Waals surface area contributed by atoms with Crippen molar-refractivity contribution < 1.29 is 0 Å². The monoisotopic (exact) mass is 380 g/mol. The molecule has 128 valence electrons. The predicted octanol–water partition coefficient (Wildman–Crippen LogP) is 5.42. The van der Waals surface area contributed by atoms with Crippen molar-refractivity contribution in [3.63, 3.8) is 0 Å². The summed E-state index contributed by atoms with van der Waals surface area (Å²) >= 11 is 12.7. The molecule has 0 atom stereocenters. The van der Waals surface area contributed by atoms with Crippen LogP contribution in [0.1, 0.15) is 25.0 Å². The summed E-state index contributed by atoms with van der Waals surface area (Å²) in [6.45, 7) is 3.77. The molecular weight excluding hydrogens is 367 g/mol. The molecule has 0 amide bonds. The second-order valence-electron chi connectivity index (χ2n) is 6.56. The number of benzene rings is 2. The molecule has 1 aliphatic heterocycles. The van der Waals surface area contributed by atoms with Crippen molar-refractivity contribution in [2.24, 2.45) is 4.99 Å². The minimum atomic E-state index is -0.759. The predicted molar refractivity (Wildman–Crippen MR) is 106 cm³/mol. The van der Waals surface area contributed by atoms with Gasteiger partial charge in [-0.25, -0.2) is 0 Å². The number of anilines is 1. The van der Waals surface area contributed by atoms with E-state index >= 15 is 0 Å². The first kappa shape index (κ1) is 16.8. The van der Waals surface area contributed by atoms with E-state index < -0.39 is 5.66 Å². The largest absolute Gasteiger partial charge is 0.255 e. The summed E-state index contributed by atoms with van der Waals surface area (Å²) in [6, 6.07) is 13.2. The van der Waals surface area contributed by atoms with E-state index in [1.165, 1.54) is 0 Å². The molecule has 2 heterocycles. The van der Waals surface area contributed by atoms with E-state index in [1.807, 2.05) is 50.2 Å². The first-order chi connectivity index (χ1) is 12.4. The van der Waals surface area contributed by atoms with Gasteiger partial charge in [-0.3, -0.25) is 14.9 Å². The van der Waals surface area contributed by atoms with Crippen LogP contribution in [0, 0.1) is 11.5 Å². The maximum Gasteiger partial charge on any atom is 0.186 e. The maximum atomic E-state index is 9.65. The molecule has 0 saturated heterocycles. The zero-order valence-corrected chi connectivity index (χ0v) is 15.7. The molecule has 0 spiro atoms. The molecule has 0 bridgehead atoms. The molecule has 3 aromatic rings. The van der Waals surface area contributed by atoms with Gasteiger partial charge in [-0.1, -0.05) is 47.5 Å². The van der Waals surface area contributed by atoms with Gasteiger partial charge in [0, 0.05) is 22.7 Å². The Morgan fingerprint density at radius 1 is 1.08 bits per heavy atom. The van der Waals surface area contributed by atoms with Crippen LogP contribution in [0.5, 0.6) is 0 Å². The number of hydrogen-bond donors (Lipinski definition) is 0. The number of halogens is 2. The molecule has 4 nitrogen and oxygen atoms in total. The van der Waals surface area contributed by atoms with Crippen molar-refractivity contribution in [2.45, 2.75) is 19.5 Å². The van der Waals surface area contributed by atoms with Crippen molar-refractivity contribution in [3.8, 4) is 6.19 Å². The van der Waals surface area contributed by atoms with Crippen molar-refractivity contribution in [3.05, 3.63) is 69.8 Å². The molecule has 0 saturated carbocycles. The van der Waals surface area contributed by atoms with Gasteiger partial charge in [-0.15, -0.1) is 0 Å². The van der Waals surface area contributed by atoms with Crippen LogP contribution in [-0.2, 0) is 0 Å². The highest BCUT2D eigenvalue weighted by Gasteiger charge is 2.36. The molecule has 4 rings (SSSR count). The van der Waals surface area contributed by atoms with Crippen molar-refractivity contribution >= 4 is 45.5 Å². The van der Waals surface area contributed by atoms with Crippen LogP contribution in [-0.4, -0.2) is 16.4 Å². The van der Waals surface area contributed by atoms with Crippen LogP contribution in [0.4, 0.5) is 5.69 Å². The topological polar surface area (TPSA) is 52.3 Å². The number of rotatable bonds is 1. The highest BCUT2D eigenvalue weighted by molar-refractivity contribution is 6.36. The van der Waals surface area contributed by atoms with Crippen molar-refractivity contribution in [1.82, 2.24) is 4.98 Å². The van der Waals surface area contributed by atoms with Crippen LogP contribution in [0.25, 0.3) is 10.9 Å². The molecule has 0 aliphatic carbocycles. The van der Waals surface area contributed by atoms with E-state index in [0.717, 1.165) is 27.7 Å². The van der Waals surface area contributed by atoms with Gasteiger partial charge in [-0.05, 0) is 32.0 Å². The molecule has 0 fully saturated rings. The summed E-state index contributed by atoms with van der Waals surface area (Å²) in [5, 5.41) is 11.7. The first-order valence-electron chi connectivity index (χ1n) is 8.06. The van der Waals surface area contributed by atoms with Gasteiger partial charge in [0.15, 0.2) is 6.19 Å². The molecular formula is C20H14Cl2N4. The summed E-state index contributed by atoms with van der Waals surface area (Å²) in [5.74, 6) is 0. The highest BCUT2D eigenvalue weighted by atomic mass is 35.5. The minimum absolute atomic E-state index is 0.515. The first-order valence-corrected chi connectivity index (χ1v) is 8.81. The SMILES string of the molecule is CC1(C)N=C(c2cnc3c(Cl)cccc3c2)c2cccc(Cl)c2N1C#N. The fraction of sp³-hybridized carbons (Fsp3) is 0.150. The number of fused-ring (bicyclic) bond motifs is 2. The Hall–Kier alpha value is -2.61. The lowest BCUT2D eigenvalue weighted by Crippen LogP contribution is -2.44. The third-order valence-electron chi connectivity index (χ3n) is 4.43. The van der Waals surface area contributed by atoms with Gasteiger partial charge < -0.3 is 0 Å². The molecule has 1 aliphatic rings. The number of pyridine rings is 1. The van der Waals surface area contributed by atoms with Crippen LogP contribution in [0.15, 0.2) is 53.7 Å². The average Bonchev–Trinajstić information content (AvgIpc) is 2.61. The third kappa shape index (κ3) is 2.52. The van der Waals surface area contributed by atoms with Crippen molar-refractivity contribution in [1.29, 1.82) is 5.26 Å². The lowest BCUT2D eigenvalue weighted by atomic mass is 9.95. The fourth-order valence-electron chi connectivity index (χ4n) is 3.24. The van der Waals surface area contributed by atoms with Crippen LogP contribution >= 0.6 is 23.2 Å². The Morgan fingerprint density at radius 3 is 2.58 bits per heavy atom. The number of aromatic nitrogens is 1. The number of hydrogen-bond acceptors (Lipinski definition) is 4. The second kappa shape index (κ2) is 5.98. The molecule has 0 N–H and O–H groups in total. The fourth-order valence-corrected chi connectivity index (χ4v) is 3.73. The Bertz CT molecular complexity index is 1110. The summed E-state index contributed by atoms with van der Waals surface area (Å²) < 4.78 is 0. The van der Waals surface area contributed by atoms with Crippen LogP contribution in [0.2, 0.25) is 10.0 Å². The normalized spacial score (nSPS) is 15.3. The summed E-state index contributed by atoms with van der Waals surface area (Å²) in [7, 11) is 0. The van der Waals surface area contributed by atoms with E-state index in [4.69, 9.17) is 28.2 Å². The Kier molecular flexibility index (Phi) is 3.87. The number of para-hydroxylation sites is 2. The van der Waals surface area contributed by atoms with Gasteiger partial charge in [0.1, 0.15) is 5.66 Å². The number of aliphatic imine (C=N–C) groups is 1. The molecule has 26 heavy (non-hydrogen) atoms. The maximum absolute atomic E-state index is 9.65. The molecule has 0 unspecified atom stereocenters. The standard InChI is InChI=1S/C20H14Cl2N4/c1-20(2)25-17(14-6-4-8-16(22)19(14)26(20)11-23)13-9-12-5-3-7-15(21)18(12)24-10-13/h3-10H,1-2H3.